The van der Waals surface area contributed by atoms with E-state index in [2.05, 4.69) is 62.4 Å². The summed E-state index contributed by atoms with van der Waals surface area (Å²) in [7, 11) is 0. The van der Waals surface area contributed by atoms with Crippen LogP contribution in [-0.4, -0.2) is 59.3 Å². The predicted octanol–water partition coefficient (Wildman–Crippen LogP) is 4.21. The van der Waals surface area contributed by atoms with Gasteiger partial charge in [-0.25, -0.2) is 9.78 Å². The predicted molar refractivity (Wildman–Crippen MR) is 138 cm³/mol. The number of halogens is 1. The Balaban J connectivity index is 1.35. The number of anilines is 4. The van der Waals surface area contributed by atoms with Crippen LogP contribution in [0.15, 0.2) is 24.4 Å². The SMILES string of the molecule is CCN1CCN(CC)c2cc(Nc3ncc(Cl)c(NC4C5CCC(C5)C4OC(N)=O)n3)ccc2C1. The first-order valence-electron chi connectivity index (χ1n) is 12.6. The van der Waals surface area contributed by atoms with Crippen LogP contribution in [-0.2, 0) is 11.3 Å². The molecule has 0 spiro atoms. The number of nitrogens with two attached hydrogens (primary N) is 1. The van der Waals surface area contributed by atoms with E-state index in [0.29, 0.717) is 28.6 Å². The topological polar surface area (TPSA) is 109 Å². The second kappa shape index (κ2) is 10.1. The first kappa shape index (κ1) is 23.9. The van der Waals surface area contributed by atoms with Gasteiger partial charge < -0.3 is 26.0 Å². The van der Waals surface area contributed by atoms with Gasteiger partial charge in [-0.15, -0.1) is 0 Å². The molecule has 2 bridgehead atoms. The van der Waals surface area contributed by atoms with E-state index in [9.17, 15) is 4.79 Å². The molecule has 1 aromatic carbocycles. The van der Waals surface area contributed by atoms with Crippen LogP contribution in [0.1, 0.15) is 38.7 Å². The highest BCUT2D eigenvalue weighted by Gasteiger charge is 2.50. The summed E-state index contributed by atoms with van der Waals surface area (Å²) >= 11 is 6.45. The number of carbonyl (C=O) groups excluding carboxylic acids is 1. The third kappa shape index (κ3) is 4.97. The monoisotopic (exact) mass is 499 g/mol. The summed E-state index contributed by atoms with van der Waals surface area (Å²) in [6.07, 6.45) is 3.75. The highest BCUT2D eigenvalue weighted by molar-refractivity contribution is 6.32. The fourth-order valence-electron chi connectivity index (χ4n) is 5.93. The van der Waals surface area contributed by atoms with E-state index in [1.54, 1.807) is 6.20 Å². The summed E-state index contributed by atoms with van der Waals surface area (Å²) in [6.45, 7) is 9.41. The molecule has 2 fully saturated rings. The zero-order chi connectivity index (χ0) is 24.5. The van der Waals surface area contributed by atoms with Crippen molar-refractivity contribution in [2.45, 2.75) is 51.8 Å². The average molecular weight is 500 g/mol. The minimum Gasteiger partial charge on any atom is -0.444 e. The molecule has 3 aliphatic rings. The normalized spacial score (nSPS) is 25.7. The first-order valence-corrected chi connectivity index (χ1v) is 12.9. The molecule has 4 unspecified atom stereocenters. The minimum absolute atomic E-state index is 0.0615. The summed E-state index contributed by atoms with van der Waals surface area (Å²) in [6, 6.07) is 6.37. The standard InChI is InChI=1S/C25H34ClN7O2/c1-3-32-9-10-33(4-2)20-12-18(8-7-17(20)14-32)29-25-28-13-19(26)23(31-25)30-21-15-5-6-16(11-15)22(21)35-24(27)34/h7-8,12-13,15-16,21-22H,3-6,9-11,14H2,1-2H3,(H2,27,34)(H2,28,29,30,31). The Kier molecular flexibility index (Phi) is 6.88. The van der Waals surface area contributed by atoms with Gasteiger partial charge in [0, 0.05) is 37.6 Å². The molecule has 35 heavy (non-hydrogen) atoms. The fraction of sp³-hybridized carbons (Fsp3) is 0.560. The molecule has 2 aliphatic carbocycles. The Bertz CT molecular complexity index is 1080. The van der Waals surface area contributed by atoms with E-state index in [4.69, 9.17) is 22.1 Å². The molecule has 10 heteroatoms. The third-order valence-electron chi connectivity index (χ3n) is 7.73. The van der Waals surface area contributed by atoms with Crippen LogP contribution in [0, 0.1) is 11.8 Å². The number of nitrogens with one attached hydrogen (secondary N) is 2. The largest absolute Gasteiger partial charge is 0.444 e. The van der Waals surface area contributed by atoms with Crippen LogP contribution < -0.4 is 21.3 Å². The number of likely N-dealkylation sites (N-methyl/N-ethyl adjacent to an activating group) is 2. The van der Waals surface area contributed by atoms with Crippen LogP contribution in [0.3, 0.4) is 0 Å². The molecule has 4 N–H and O–H groups in total. The van der Waals surface area contributed by atoms with Gasteiger partial charge in [-0.2, -0.15) is 4.98 Å². The number of carbonyl (C=O) groups is 1. The highest BCUT2D eigenvalue weighted by Crippen LogP contribution is 2.47. The summed E-state index contributed by atoms with van der Waals surface area (Å²) < 4.78 is 5.46. The van der Waals surface area contributed by atoms with Crippen molar-refractivity contribution >= 4 is 40.8 Å². The van der Waals surface area contributed by atoms with Gasteiger partial charge in [-0.3, -0.25) is 4.90 Å². The number of rotatable bonds is 7. The average Bonchev–Trinajstić information content (AvgIpc) is 3.38. The molecule has 9 nitrogen and oxygen atoms in total. The summed E-state index contributed by atoms with van der Waals surface area (Å²) in [5, 5.41) is 7.21. The molecule has 1 aliphatic heterocycles. The molecule has 1 aromatic heterocycles. The lowest BCUT2D eigenvalue weighted by Gasteiger charge is -2.31. The van der Waals surface area contributed by atoms with Crippen LogP contribution in [0.4, 0.5) is 27.9 Å². The molecule has 1 amide bonds. The van der Waals surface area contributed by atoms with Crippen molar-refractivity contribution in [1.29, 1.82) is 0 Å². The zero-order valence-corrected chi connectivity index (χ0v) is 21.1. The van der Waals surface area contributed by atoms with Crippen molar-refractivity contribution in [3.8, 4) is 0 Å². The molecule has 2 aromatic rings. The quantitative estimate of drug-likeness (QED) is 0.520. The van der Waals surface area contributed by atoms with Gasteiger partial charge in [0.2, 0.25) is 5.95 Å². The zero-order valence-electron chi connectivity index (χ0n) is 20.3. The molecule has 4 atom stereocenters. The third-order valence-corrected chi connectivity index (χ3v) is 8.01. The summed E-state index contributed by atoms with van der Waals surface area (Å²) in [5.74, 6) is 1.72. The van der Waals surface area contributed by atoms with Crippen LogP contribution in [0.25, 0.3) is 0 Å². The molecule has 0 radical (unpaired) electrons. The number of benzene rings is 1. The van der Waals surface area contributed by atoms with Gasteiger partial charge >= 0.3 is 6.09 Å². The number of aromatic nitrogens is 2. The van der Waals surface area contributed by atoms with Crippen molar-refractivity contribution in [2.75, 3.05) is 41.7 Å². The number of fused-ring (bicyclic) bond motifs is 3. The Morgan fingerprint density at radius 1 is 1.23 bits per heavy atom. The minimum atomic E-state index is -0.739. The Morgan fingerprint density at radius 3 is 2.83 bits per heavy atom. The number of ether oxygens (including phenoxy) is 1. The van der Waals surface area contributed by atoms with Crippen LogP contribution in [0.2, 0.25) is 5.02 Å². The molecule has 5 rings (SSSR count). The summed E-state index contributed by atoms with van der Waals surface area (Å²) in [4.78, 5) is 25.4. The number of amides is 1. The lowest BCUT2D eigenvalue weighted by Crippen LogP contribution is -2.43. The number of hydrogen-bond acceptors (Lipinski definition) is 8. The van der Waals surface area contributed by atoms with E-state index < -0.39 is 6.09 Å². The van der Waals surface area contributed by atoms with Gasteiger partial charge in [0.25, 0.3) is 0 Å². The van der Waals surface area contributed by atoms with Gasteiger partial charge in [-0.05, 0) is 62.3 Å². The Labute approximate surface area is 211 Å². The molecule has 0 saturated heterocycles. The van der Waals surface area contributed by atoms with E-state index in [0.717, 1.165) is 57.7 Å². The van der Waals surface area contributed by atoms with Gasteiger partial charge in [0.15, 0.2) is 5.82 Å². The molecular weight excluding hydrogens is 466 g/mol. The van der Waals surface area contributed by atoms with Crippen LogP contribution >= 0.6 is 11.6 Å². The Hall–Kier alpha value is -2.78. The molecular formula is C25H34ClN7O2. The maximum Gasteiger partial charge on any atom is 0.404 e. The maximum atomic E-state index is 11.5. The lowest BCUT2D eigenvalue weighted by molar-refractivity contribution is 0.0643. The number of primary amides is 1. The maximum absolute atomic E-state index is 11.5. The number of hydrogen-bond donors (Lipinski definition) is 3. The van der Waals surface area contributed by atoms with Gasteiger partial charge in [0.05, 0.1) is 12.2 Å². The van der Waals surface area contributed by atoms with Crippen molar-refractivity contribution in [2.24, 2.45) is 17.6 Å². The highest BCUT2D eigenvalue weighted by atomic mass is 35.5. The van der Waals surface area contributed by atoms with Gasteiger partial charge in [-0.1, -0.05) is 24.6 Å². The van der Waals surface area contributed by atoms with Crippen molar-refractivity contribution in [3.05, 3.63) is 35.0 Å². The van der Waals surface area contributed by atoms with E-state index >= 15 is 0 Å². The van der Waals surface area contributed by atoms with Crippen molar-refractivity contribution in [1.82, 2.24) is 14.9 Å². The molecule has 2 heterocycles. The fourth-order valence-corrected chi connectivity index (χ4v) is 6.07. The van der Waals surface area contributed by atoms with E-state index in [1.165, 1.54) is 11.3 Å². The summed E-state index contributed by atoms with van der Waals surface area (Å²) in [5.41, 5.74) is 8.83. The first-order chi connectivity index (χ1) is 16.9. The lowest BCUT2D eigenvalue weighted by atomic mass is 9.92. The van der Waals surface area contributed by atoms with Crippen molar-refractivity contribution in [3.63, 3.8) is 0 Å². The van der Waals surface area contributed by atoms with E-state index in [-0.39, 0.29) is 12.1 Å². The second-order valence-electron chi connectivity index (χ2n) is 9.71. The Morgan fingerprint density at radius 2 is 2.06 bits per heavy atom. The van der Waals surface area contributed by atoms with E-state index in [1.807, 2.05) is 0 Å². The van der Waals surface area contributed by atoms with Crippen molar-refractivity contribution < 1.29 is 9.53 Å². The second-order valence-corrected chi connectivity index (χ2v) is 10.1. The number of nitrogens with zero attached hydrogens (tertiary/aromatic N) is 4. The smallest absolute Gasteiger partial charge is 0.404 e. The van der Waals surface area contributed by atoms with Gasteiger partial charge in [0.1, 0.15) is 11.1 Å². The molecule has 188 valence electrons. The van der Waals surface area contributed by atoms with Crippen LogP contribution in [0.5, 0.6) is 0 Å². The molecule has 2 saturated carbocycles.